The fraction of sp³-hybridized carbons (Fsp3) is 0.611. The van der Waals surface area contributed by atoms with Crippen LogP contribution < -0.4 is 14.8 Å². The fourth-order valence-electron chi connectivity index (χ4n) is 3.15. The third-order valence-electron chi connectivity index (χ3n) is 4.73. The summed E-state index contributed by atoms with van der Waals surface area (Å²) in [4.78, 5) is 12.2. The van der Waals surface area contributed by atoms with Crippen molar-refractivity contribution in [3.63, 3.8) is 0 Å². The van der Waals surface area contributed by atoms with Crippen molar-refractivity contribution in [1.29, 1.82) is 0 Å². The van der Waals surface area contributed by atoms with Crippen LogP contribution in [-0.2, 0) is 14.8 Å². The van der Waals surface area contributed by atoms with Crippen molar-refractivity contribution in [2.45, 2.75) is 43.5 Å². The molecule has 1 aliphatic rings. The van der Waals surface area contributed by atoms with Crippen LogP contribution in [0.25, 0.3) is 0 Å². The van der Waals surface area contributed by atoms with Gasteiger partial charge in [0.2, 0.25) is 10.0 Å². The van der Waals surface area contributed by atoms with E-state index in [4.69, 9.17) is 9.47 Å². The van der Waals surface area contributed by atoms with E-state index in [0.29, 0.717) is 13.2 Å². The van der Waals surface area contributed by atoms with Gasteiger partial charge in [0.1, 0.15) is 10.6 Å². The van der Waals surface area contributed by atoms with E-state index in [1.54, 1.807) is 13.2 Å². The quantitative estimate of drug-likeness (QED) is 0.668. The molecule has 2 rings (SSSR count). The summed E-state index contributed by atoms with van der Waals surface area (Å²) < 4.78 is 38.7. The van der Waals surface area contributed by atoms with E-state index in [2.05, 4.69) is 17.0 Å². The first kappa shape index (κ1) is 20.7. The van der Waals surface area contributed by atoms with Crippen molar-refractivity contribution < 1.29 is 22.7 Å². The number of carbonyl (C=O) groups excluding carboxylic acids is 1. The number of sulfonamides is 1. The zero-order valence-electron chi connectivity index (χ0n) is 15.6. The molecule has 1 saturated carbocycles. The monoisotopic (exact) mass is 384 g/mol. The van der Waals surface area contributed by atoms with Crippen LogP contribution in [0.3, 0.4) is 0 Å². The Morgan fingerprint density at radius 2 is 1.96 bits per heavy atom. The SMILES string of the molecule is COCCNC(=O)c1ccc(OC)c(S(=O)(=O)NC2CCCCC2C)c1. The minimum Gasteiger partial charge on any atom is -0.495 e. The van der Waals surface area contributed by atoms with Crippen LogP contribution in [0, 0.1) is 5.92 Å². The molecule has 0 radical (unpaired) electrons. The van der Waals surface area contributed by atoms with Crippen LogP contribution in [0.2, 0.25) is 0 Å². The number of ether oxygens (including phenoxy) is 2. The Bertz CT molecular complexity index is 720. The minimum atomic E-state index is -3.80. The zero-order chi connectivity index (χ0) is 19.2. The van der Waals surface area contributed by atoms with Crippen LogP contribution in [0.15, 0.2) is 23.1 Å². The molecule has 26 heavy (non-hydrogen) atoms. The van der Waals surface area contributed by atoms with Crippen molar-refractivity contribution in [2.75, 3.05) is 27.4 Å². The summed E-state index contributed by atoms with van der Waals surface area (Å²) in [7, 11) is -0.840. The van der Waals surface area contributed by atoms with Crippen LogP contribution >= 0.6 is 0 Å². The smallest absolute Gasteiger partial charge is 0.251 e. The number of amides is 1. The normalized spacial score (nSPS) is 20.6. The first-order chi connectivity index (χ1) is 12.4. The molecule has 1 aromatic carbocycles. The van der Waals surface area contributed by atoms with Gasteiger partial charge in [-0.25, -0.2) is 13.1 Å². The molecule has 146 valence electrons. The maximum Gasteiger partial charge on any atom is 0.251 e. The molecular formula is C18H28N2O5S. The Morgan fingerprint density at radius 3 is 2.62 bits per heavy atom. The summed E-state index contributed by atoms with van der Waals surface area (Å²) in [6, 6.07) is 4.31. The Hall–Kier alpha value is -1.64. The molecule has 0 heterocycles. The molecule has 1 fully saturated rings. The molecule has 1 aliphatic carbocycles. The number of nitrogens with one attached hydrogen (secondary N) is 2. The highest BCUT2D eigenvalue weighted by atomic mass is 32.2. The Morgan fingerprint density at radius 1 is 1.23 bits per heavy atom. The Balaban J connectivity index is 2.24. The van der Waals surface area contributed by atoms with Crippen molar-refractivity contribution in [3.8, 4) is 5.75 Å². The Kier molecular flexibility index (Phi) is 7.43. The molecule has 0 aliphatic heterocycles. The third kappa shape index (κ3) is 5.18. The van der Waals surface area contributed by atoms with Gasteiger partial charge in [0.25, 0.3) is 5.91 Å². The molecule has 2 atom stereocenters. The summed E-state index contributed by atoms with van der Waals surface area (Å²) in [5.41, 5.74) is 0.263. The van der Waals surface area contributed by atoms with E-state index >= 15 is 0 Å². The van der Waals surface area contributed by atoms with E-state index in [1.165, 1.54) is 19.2 Å². The second-order valence-corrected chi connectivity index (χ2v) is 8.29. The lowest BCUT2D eigenvalue weighted by molar-refractivity contribution is 0.0937. The molecule has 2 N–H and O–H groups in total. The molecule has 1 aromatic rings. The van der Waals surface area contributed by atoms with E-state index in [1.807, 2.05) is 0 Å². The van der Waals surface area contributed by atoms with Crippen LogP contribution in [0.1, 0.15) is 43.0 Å². The minimum absolute atomic E-state index is 0.0165. The predicted octanol–water partition coefficient (Wildman–Crippen LogP) is 1.93. The average molecular weight is 384 g/mol. The Labute approximate surface area is 155 Å². The molecule has 0 saturated heterocycles. The molecular weight excluding hydrogens is 356 g/mol. The summed E-state index contributed by atoms with van der Waals surface area (Å²) >= 11 is 0. The summed E-state index contributed by atoms with van der Waals surface area (Å²) in [5.74, 6) is 0.145. The molecule has 8 heteroatoms. The van der Waals surface area contributed by atoms with Gasteiger partial charge in [0.15, 0.2) is 0 Å². The van der Waals surface area contributed by atoms with Crippen molar-refractivity contribution >= 4 is 15.9 Å². The lowest BCUT2D eigenvalue weighted by Crippen LogP contribution is -2.41. The highest BCUT2D eigenvalue weighted by Gasteiger charge is 2.29. The van der Waals surface area contributed by atoms with E-state index < -0.39 is 10.0 Å². The highest BCUT2D eigenvalue weighted by Crippen LogP contribution is 2.29. The number of rotatable bonds is 8. The molecule has 0 spiro atoms. The number of carbonyl (C=O) groups is 1. The largest absolute Gasteiger partial charge is 0.495 e. The average Bonchev–Trinajstić information content (AvgIpc) is 2.63. The zero-order valence-corrected chi connectivity index (χ0v) is 16.4. The van der Waals surface area contributed by atoms with Gasteiger partial charge < -0.3 is 14.8 Å². The maximum absolute atomic E-state index is 12.9. The first-order valence-electron chi connectivity index (χ1n) is 8.86. The van der Waals surface area contributed by atoms with E-state index in [-0.39, 0.29) is 34.1 Å². The van der Waals surface area contributed by atoms with Gasteiger partial charge in [-0.1, -0.05) is 19.8 Å². The number of benzene rings is 1. The molecule has 0 aromatic heterocycles. The molecule has 0 bridgehead atoms. The standard InChI is InChI=1S/C18H28N2O5S/c1-13-6-4-5-7-15(13)20-26(22,23)17-12-14(8-9-16(17)25-3)18(21)19-10-11-24-2/h8-9,12-13,15,20H,4-7,10-11H2,1-3H3,(H,19,21). The topological polar surface area (TPSA) is 93.7 Å². The number of hydrogen-bond acceptors (Lipinski definition) is 5. The van der Waals surface area contributed by atoms with Gasteiger partial charge in [0.05, 0.1) is 13.7 Å². The fourth-order valence-corrected chi connectivity index (χ4v) is 4.72. The van der Waals surface area contributed by atoms with Crippen molar-refractivity contribution in [2.24, 2.45) is 5.92 Å². The lowest BCUT2D eigenvalue weighted by atomic mass is 9.87. The van der Waals surface area contributed by atoms with Crippen LogP contribution in [0.4, 0.5) is 0 Å². The number of methoxy groups -OCH3 is 2. The summed E-state index contributed by atoms with van der Waals surface area (Å²) in [6.45, 7) is 2.79. The number of hydrogen-bond donors (Lipinski definition) is 2. The second-order valence-electron chi connectivity index (χ2n) is 6.60. The van der Waals surface area contributed by atoms with E-state index in [0.717, 1.165) is 25.7 Å². The highest BCUT2D eigenvalue weighted by molar-refractivity contribution is 7.89. The van der Waals surface area contributed by atoms with Gasteiger partial charge in [-0.05, 0) is 37.0 Å². The molecule has 1 amide bonds. The van der Waals surface area contributed by atoms with Gasteiger partial charge in [0, 0.05) is 25.3 Å². The van der Waals surface area contributed by atoms with Gasteiger partial charge in [-0.15, -0.1) is 0 Å². The predicted molar refractivity (Wildman–Crippen MR) is 98.9 cm³/mol. The van der Waals surface area contributed by atoms with Gasteiger partial charge in [-0.3, -0.25) is 4.79 Å². The van der Waals surface area contributed by atoms with Crippen molar-refractivity contribution in [1.82, 2.24) is 10.0 Å². The van der Waals surface area contributed by atoms with Crippen molar-refractivity contribution in [3.05, 3.63) is 23.8 Å². The second kappa shape index (κ2) is 9.34. The van der Waals surface area contributed by atoms with E-state index in [9.17, 15) is 13.2 Å². The third-order valence-corrected chi connectivity index (χ3v) is 6.24. The lowest BCUT2D eigenvalue weighted by Gasteiger charge is -2.29. The van der Waals surface area contributed by atoms with Crippen LogP contribution in [0.5, 0.6) is 5.75 Å². The van der Waals surface area contributed by atoms with Crippen LogP contribution in [-0.4, -0.2) is 47.7 Å². The summed E-state index contributed by atoms with van der Waals surface area (Å²) in [5, 5.41) is 2.68. The first-order valence-corrected chi connectivity index (χ1v) is 10.3. The molecule has 7 nitrogen and oxygen atoms in total. The van der Waals surface area contributed by atoms with Gasteiger partial charge in [-0.2, -0.15) is 0 Å². The summed E-state index contributed by atoms with van der Waals surface area (Å²) in [6.07, 6.45) is 3.96. The van der Waals surface area contributed by atoms with Gasteiger partial charge >= 0.3 is 0 Å². The maximum atomic E-state index is 12.9. The molecule has 2 unspecified atom stereocenters.